The van der Waals surface area contributed by atoms with Crippen LogP contribution in [-0.4, -0.2) is 98.7 Å². The van der Waals surface area contributed by atoms with Crippen LogP contribution >= 0.6 is 0 Å². The number of hydrogen-bond donors (Lipinski definition) is 0. The number of carbonyl (C=O) groups is 2. The van der Waals surface area contributed by atoms with E-state index in [4.69, 9.17) is 0 Å². The first-order valence-corrected chi connectivity index (χ1v) is 47.2. The van der Waals surface area contributed by atoms with Gasteiger partial charge in [0.15, 0.2) is 0 Å². The summed E-state index contributed by atoms with van der Waals surface area (Å²) in [4.78, 5) is 27.0. The van der Waals surface area contributed by atoms with E-state index in [1.807, 2.05) is 0 Å². The van der Waals surface area contributed by atoms with Crippen molar-refractivity contribution in [3.05, 3.63) is 0 Å². The summed E-state index contributed by atoms with van der Waals surface area (Å²) in [5, 5.41) is 22.2. The number of nitrogens with zero attached hydrogens (tertiary/aromatic N) is 2. The Morgan fingerprint density at radius 3 is 0.337 bits per heavy atom. The molecule has 0 radical (unpaired) electrons. The molecule has 0 aliphatic rings. The van der Waals surface area contributed by atoms with Crippen LogP contribution < -0.4 is 10.2 Å². The molecule has 0 unspecified atom stereocenters. The summed E-state index contributed by atoms with van der Waals surface area (Å²) < 4.78 is 0. The Labute approximate surface area is 667 Å². The van der Waals surface area contributed by atoms with E-state index in [1.165, 1.54) is 514 Å². The summed E-state index contributed by atoms with van der Waals surface area (Å²) in [6.45, 7) is 14.8. The van der Waals surface area contributed by atoms with E-state index in [0.29, 0.717) is 13.1 Å². The molecular formula is C94H188CaN2O4. The normalized spacial score (nSPS) is 11.5. The Balaban J connectivity index is -0.00000188. The van der Waals surface area contributed by atoms with Crippen LogP contribution in [0.4, 0.5) is 0 Å². The molecule has 0 aromatic heterocycles. The first-order valence-electron chi connectivity index (χ1n) is 47.2. The standard InChI is InChI=1S/2C47H95NO2.Ca/c2*1-3-5-7-9-11-13-15-17-19-21-23-25-27-29-31-33-35-37-39-41-44-48(46-43-47(49)50)45-42-40-38-36-34-32-30-28-26-24-22-20-18-16-14-12-10-8-6-4-2;/h2*3-46H2,1-2H3,(H,49,50);/q;;+2/p-2. The molecule has 0 bridgehead atoms. The minimum atomic E-state index is -0.901. The Morgan fingerprint density at radius 2 is 0.248 bits per heavy atom. The van der Waals surface area contributed by atoms with E-state index >= 15 is 0 Å². The summed E-state index contributed by atoms with van der Waals surface area (Å²) in [5.74, 6) is -1.80. The molecule has 0 amide bonds. The fraction of sp³-hybridized carbons (Fsp3) is 0.979. The number of carboxylic acids is 2. The third kappa shape index (κ3) is 100. The van der Waals surface area contributed by atoms with Crippen LogP contribution in [0, 0.1) is 0 Å². The van der Waals surface area contributed by atoms with Gasteiger partial charge in [-0.2, -0.15) is 0 Å². The van der Waals surface area contributed by atoms with Crippen LogP contribution in [0.5, 0.6) is 0 Å². The van der Waals surface area contributed by atoms with Crippen LogP contribution in [0.2, 0.25) is 0 Å². The molecule has 0 spiro atoms. The molecule has 101 heavy (non-hydrogen) atoms. The SMILES string of the molecule is CCCCCCCCCCCCCCCCCCCCCCN(CCCCCCCCCCCCCCCCCCCCCC)CCC(=O)[O-].CCCCCCCCCCCCCCCCCCCCCCN(CCCCCCCCCCCCCCCCCCCCCC)CCC(=O)[O-].[Ca+2]. The zero-order valence-electron chi connectivity index (χ0n) is 70.5. The van der Waals surface area contributed by atoms with Crippen molar-refractivity contribution in [2.24, 2.45) is 0 Å². The zero-order chi connectivity index (χ0) is 72.5. The second kappa shape index (κ2) is 98.1. The molecular weight excluding hydrogens is 1260 g/mol. The molecule has 0 aromatic carbocycles. The molecule has 7 heteroatoms. The van der Waals surface area contributed by atoms with Gasteiger partial charge < -0.3 is 29.6 Å². The van der Waals surface area contributed by atoms with Gasteiger partial charge in [-0.1, -0.05) is 516 Å². The van der Waals surface area contributed by atoms with Crippen LogP contribution in [0.25, 0.3) is 0 Å². The largest absolute Gasteiger partial charge is 2.00 e. The van der Waals surface area contributed by atoms with E-state index in [1.54, 1.807) is 0 Å². The van der Waals surface area contributed by atoms with E-state index in [9.17, 15) is 19.8 Å². The number of aliphatic carboxylic acids is 2. The van der Waals surface area contributed by atoms with Gasteiger partial charge in [0, 0.05) is 25.0 Å². The Bertz CT molecular complexity index is 1270. The van der Waals surface area contributed by atoms with Crippen molar-refractivity contribution in [3.8, 4) is 0 Å². The average Bonchev–Trinajstić information content (AvgIpc) is 2.91. The summed E-state index contributed by atoms with van der Waals surface area (Å²) in [7, 11) is 0. The molecule has 0 atom stereocenters. The maximum Gasteiger partial charge on any atom is 2.00 e. The molecule has 600 valence electrons. The maximum absolute atomic E-state index is 11.1. The summed E-state index contributed by atoms with van der Waals surface area (Å²) in [5.41, 5.74) is 0. The van der Waals surface area contributed by atoms with Gasteiger partial charge in [0.1, 0.15) is 0 Å². The molecule has 0 fully saturated rings. The van der Waals surface area contributed by atoms with Gasteiger partial charge in [0.2, 0.25) is 0 Å². The van der Waals surface area contributed by atoms with Crippen LogP contribution in [-0.2, 0) is 9.59 Å². The molecule has 0 saturated carbocycles. The molecule has 0 rings (SSSR count). The van der Waals surface area contributed by atoms with E-state index in [2.05, 4.69) is 37.5 Å². The van der Waals surface area contributed by atoms with Gasteiger partial charge in [0.05, 0.1) is 0 Å². The quantitative estimate of drug-likeness (QED) is 0.0445. The Kier molecular flexibility index (Phi) is 102. The fourth-order valence-electron chi connectivity index (χ4n) is 15.5. The third-order valence-corrected chi connectivity index (χ3v) is 22.6. The van der Waals surface area contributed by atoms with Crippen molar-refractivity contribution in [2.75, 3.05) is 39.3 Å². The van der Waals surface area contributed by atoms with Crippen molar-refractivity contribution in [3.63, 3.8) is 0 Å². The van der Waals surface area contributed by atoms with Crippen molar-refractivity contribution in [1.29, 1.82) is 0 Å². The van der Waals surface area contributed by atoms with Gasteiger partial charge in [-0.05, 0) is 64.7 Å². The summed E-state index contributed by atoms with van der Waals surface area (Å²) >= 11 is 0. The fourth-order valence-corrected chi connectivity index (χ4v) is 15.5. The predicted molar refractivity (Wildman–Crippen MR) is 450 cm³/mol. The second-order valence-electron chi connectivity index (χ2n) is 32.8. The van der Waals surface area contributed by atoms with Gasteiger partial charge in [-0.25, -0.2) is 0 Å². The first kappa shape index (κ1) is 105. The maximum atomic E-state index is 11.1. The number of unbranched alkanes of at least 4 members (excludes halogenated alkanes) is 76. The third-order valence-electron chi connectivity index (χ3n) is 22.6. The van der Waals surface area contributed by atoms with Gasteiger partial charge in [-0.3, -0.25) is 0 Å². The van der Waals surface area contributed by atoms with Crippen molar-refractivity contribution in [1.82, 2.24) is 9.80 Å². The van der Waals surface area contributed by atoms with Gasteiger partial charge in [0.25, 0.3) is 0 Å². The molecule has 6 nitrogen and oxygen atoms in total. The molecule has 0 aliphatic carbocycles. The molecule has 0 aliphatic heterocycles. The van der Waals surface area contributed by atoms with E-state index in [-0.39, 0.29) is 50.6 Å². The average molecular weight is 1450 g/mol. The number of carboxylic acid groups (broad SMARTS) is 2. The van der Waals surface area contributed by atoms with Crippen LogP contribution in [0.3, 0.4) is 0 Å². The summed E-state index contributed by atoms with van der Waals surface area (Å²) in [6, 6.07) is 0. The smallest absolute Gasteiger partial charge is 0.550 e. The number of rotatable bonds is 90. The van der Waals surface area contributed by atoms with E-state index < -0.39 is 11.9 Å². The topological polar surface area (TPSA) is 86.7 Å². The molecule has 0 heterocycles. The second-order valence-corrected chi connectivity index (χ2v) is 32.8. The van der Waals surface area contributed by atoms with Crippen molar-refractivity contribution < 1.29 is 19.8 Å². The molecule has 0 aromatic rings. The minimum absolute atomic E-state index is 0. The van der Waals surface area contributed by atoms with Gasteiger partial charge >= 0.3 is 37.7 Å². The van der Waals surface area contributed by atoms with Crippen LogP contribution in [0.15, 0.2) is 0 Å². The Morgan fingerprint density at radius 1 is 0.158 bits per heavy atom. The first-order chi connectivity index (χ1) is 49.4. The molecule has 0 N–H and O–H groups in total. The van der Waals surface area contributed by atoms with Gasteiger partial charge in [-0.15, -0.1) is 0 Å². The van der Waals surface area contributed by atoms with Crippen LogP contribution in [0.1, 0.15) is 554 Å². The zero-order valence-corrected chi connectivity index (χ0v) is 72.7. The monoisotopic (exact) mass is 1450 g/mol. The Hall–Kier alpha value is 0.120. The van der Waals surface area contributed by atoms with Crippen molar-refractivity contribution in [2.45, 2.75) is 554 Å². The van der Waals surface area contributed by atoms with Crippen molar-refractivity contribution >= 4 is 49.7 Å². The van der Waals surface area contributed by atoms with E-state index in [0.717, 1.165) is 26.2 Å². The predicted octanol–water partition coefficient (Wildman–Crippen LogP) is 29.8. The number of carbonyl (C=O) groups excluding carboxylic acids is 2. The summed E-state index contributed by atoms with van der Waals surface area (Å²) in [6.07, 6.45) is 113. The minimum Gasteiger partial charge on any atom is -0.550 e. The number of hydrogen-bond acceptors (Lipinski definition) is 6. The molecule has 0 saturated heterocycles.